The molecule has 4 aromatic rings. The summed E-state index contributed by atoms with van der Waals surface area (Å²) < 4.78 is 7.90. The molecule has 0 spiro atoms. The lowest BCUT2D eigenvalue weighted by Gasteiger charge is -2.37. The zero-order chi connectivity index (χ0) is 21.9. The van der Waals surface area contributed by atoms with Gasteiger partial charge in [-0.05, 0) is 29.2 Å². The van der Waals surface area contributed by atoms with E-state index in [1.807, 2.05) is 24.3 Å². The van der Waals surface area contributed by atoms with Crippen molar-refractivity contribution < 1.29 is 9.53 Å². The standard InChI is InChI=1S/C24H20N6O2/c1-24(2)10-16(31)19-17(11-24)32-23-20(18(19)15-4-3-7-26-12-15)22-28-21(29-30(22)13-27-23)14-5-8-25-9-6-14/h3-9,12-13,18H,10-11H2,1-2H3. The van der Waals surface area contributed by atoms with E-state index in [0.29, 0.717) is 41.5 Å². The van der Waals surface area contributed by atoms with Crippen LogP contribution in [0, 0.1) is 5.41 Å². The summed E-state index contributed by atoms with van der Waals surface area (Å²) in [6.45, 7) is 4.17. The van der Waals surface area contributed by atoms with Gasteiger partial charge >= 0.3 is 0 Å². The monoisotopic (exact) mass is 424 g/mol. The van der Waals surface area contributed by atoms with Gasteiger partial charge in [0.1, 0.15) is 12.1 Å². The van der Waals surface area contributed by atoms with Crippen LogP contribution in [-0.4, -0.2) is 35.3 Å². The van der Waals surface area contributed by atoms with E-state index in [9.17, 15) is 4.79 Å². The molecule has 1 aliphatic carbocycles. The number of hydrogen-bond acceptors (Lipinski definition) is 7. The van der Waals surface area contributed by atoms with Gasteiger partial charge in [-0.2, -0.15) is 0 Å². The van der Waals surface area contributed by atoms with Crippen LogP contribution in [0.2, 0.25) is 0 Å². The molecule has 6 rings (SSSR count). The predicted octanol–water partition coefficient (Wildman–Crippen LogP) is 3.75. The van der Waals surface area contributed by atoms with Crippen LogP contribution >= 0.6 is 0 Å². The number of fused-ring (bicyclic) bond motifs is 3. The molecule has 0 bridgehead atoms. The molecule has 8 nitrogen and oxygen atoms in total. The third kappa shape index (κ3) is 2.90. The lowest BCUT2D eigenvalue weighted by atomic mass is 9.70. The largest absolute Gasteiger partial charge is 0.442 e. The lowest BCUT2D eigenvalue weighted by Crippen LogP contribution is -2.33. The van der Waals surface area contributed by atoms with Gasteiger partial charge in [0.15, 0.2) is 17.3 Å². The molecular weight excluding hydrogens is 404 g/mol. The number of ketones is 1. The molecule has 0 fully saturated rings. The highest BCUT2D eigenvalue weighted by atomic mass is 16.5. The van der Waals surface area contributed by atoms with Crippen LogP contribution in [0.5, 0.6) is 5.88 Å². The topological polar surface area (TPSA) is 95.2 Å². The van der Waals surface area contributed by atoms with E-state index >= 15 is 0 Å². The van der Waals surface area contributed by atoms with Gasteiger partial charge in [-0.15, -0.1) is 5.10 Å². The molecule has 1 aliphatic heterocycles. The van der Waals surface area contributed by atoms with E-state index in [-0.39, 0.29) is 17.1 Å². The van der Waals surface area contributed by atoms with Crippen LogP contribution in [-0.2, 0) is 4.79 Å². The molecule has 0 amide bonds. The SMILES string of the molecule is CC1(C)CC(=O)C2=C(C1)Oc1ncn3nc(-c4ccncc4)nc3c1C2c1cccnc1. The first-order chi connectivity index (χ1) is 15.5. The number of aromatic nitrogens is 6. The summed E-state index contributed by atoms with van der Waals surface area (Å²) in [5.74, 6) is 1.44. The zero-order valence-corrected chi connectivity index (χ0v) is 17.7. The number of allylic oxidation sites excluding steroid dienone is 2. The van der Waals surface area contributed by atoms with E-state index < -0.39 is 0 Å². The fraction of sp³-hybridized carbons (Fsp3) is 0.250. The van der Waals surface area contributed by atoms with Gasteiger partial charge in [0, 0.05) is 48.8 Å². The molecule has 0 radical (unpaired) electrons. The fourth-order valence-corrected chi connectivity index (χ4v) is 4.65. The Bertz CT molecular complexity index is 1390. The smallest absolute Gasteiger partial charge is 0.228 e. The number of ether oxygens (including phenoxy) is 1. The second kappa shape index (κ2) is 6.78. The molecular formula is C24H20N6O2. The molecule has 2 aliphatic rings. The van der Waals surface area contributed by atoms with Crippen molar-refractivity contribution >= 4 is 11.4 Å². The first kappa shape index (κ1) is 18.8. The summed E-state index contributed by atoms with van der Waals surface area (Å²) >= 11 is 0. The number of carbonyl (C=O) groups is 1. The minimum Gasteiger partial charge on any atom is -0.442 e. The Balaban J connectivity index is 1.61. The maximum Gasteiger partial charge on any atom is 0.228 e. The minimum absolute atomic E-state index is 0.0895. The first-order valence-corrected chi connectivity index (χ1v) is 10.5. The van der Waals surface area contributed by atoms with Crippen molar-refractivity contribution in [3.05, 3.63) is 77.8 Å². The van der Waals surface area contributed by atoms with Crippen LogP contribution in [0.15, 0.2) is 66.7 Å². The Kier molecular flexibility index (Phi) is 3.98. The average molecular weight is 424 g/mol. The molecule has 0 saturated heterocycles. The van der Waals surface area contributed by atoms with E-state index in [2.05, 4.69) is 33.9 Å². The van der Waals surface area contributed by atoms with Gasteiger partial charge in [0.2, 0.25) is 5.88 Å². The summed E-state index contributed by atoms with van der Waals surface area (Å²) in [4.78, 5) is 31.1. The Labute approximate surface area is 184 Å². The fourth-order valence-electron chi connectivity index (χ4n) is 4.65. The quantitative estimate of drug-likeness (QED) is 0.484. The van der Waals surface area contributed by atoms with Crippen molar-refractivity contribution in [2.45, 2.75) is 32.6 Å². The lowest BCUT2D eigenvalue weighted by molar-refractivity contribution is -0.118. The van der Waals surface area contributed by atoms with Crippen LogP contribution in [0.1, 0.15) is 43.7 Å². The zero-order valence-electron chi connectivity index (χ0n) is 17.7. The maximum absolute atomic E-state index is 13.4. The van der Waals surface area contributed by atoms with Crippen LogP contribution in [0.25, 0.3) is 17.0 Å². The summed E-state index contributed by atoms with van der Waals surface area (Å²) in [6.07, 6.45) is 9.67. The Morgan fingerprint density at radius 3 is 2.72 bits per heavy atom. The summed E-state index contributed by atoms with van der Waals surface area (Å²) in [6, 6.07) is 7.57. The van der Waals surface area contributed by atoms with E-state index in [1.54, 1.807) is 35.6 Å². The Hall–Kier alpha value is -3.94. The van der Waals surface area contributed by atoms with Crippen molar-refractivity contribution in [3.63, 3.8) is 0 Å². The Morgan fingerprint density at radius 2 is 1.94 bits per heavy atom. The summed E-state index contributed by atoms with van der Waals surface area (Å²) in [5.41, 5.74) is 3.61. The third-order valence-electron chi connectivity index (χ3n) is 6.02. The number of hydrogen-bond donors (Lipinski definition) is 0. The summed E-state index contributed by atoms with van der Waals surface area (Å²) in [7, 11) is 0. The van der Waals surface area contributed by atoms with Gasteiger partial charge in [0.25, 0.3) is 0 Å². The number of pyridine rings is 2. The van der Waals surface area contributed by atoms with Gasteiger partial charge in [-0.3, -0.25) is 14.8 Å². The van der Waals surface area contributed by atoms with Gasteiger partial charge in [-0.25, -0.2) is 14.5 Å². The number of nitrogens with zero attached hydrogens (tertiary/aromatic N) is 6. The Morgan fingerprint density at radius 1 is 1.09 bits per heavy atom. The van der Waals surface area contributed by atoms with Crippen LogP contribution in [0.3, 0.4) is 0 Å². The number of carbonyl (C=O) groups excluding carboxylic acids is 1. The predicted molar refractivity (Wildman–Crippen MR) is 116 cm³/mol. The molecule has 4 aromatic heterocycles. The highest BCUT2D eigenvalue weighted by molar-refractivity contribution is 6.00. The van der Waals surface area contributed by atoms with E-state index in [0.717, 1.165) is 16.7 Å². The minimum atomic E-state index is -0.364. The summed E-state index contributed by atoms with van der Waals surface area (Å²) in [5, 5.41) is 4.61. The van der Waals surface area contributed by atoms with Crippen molar-refractivity contribution in [2.24, 2.45) is 5.41 Å². The highest BCUT2D eigenvalue weighted by Gasteiger charge is 2.44. The molecule has 1 unspecified atom stereocenters. The molecule has 0 aromatic carbocycles. The molecule has 158 valence electrons. The average Bonchev–Trinajstić information content (AvgIpc) is 3.23. The molecule has 1 atom stereocenters. The maximum atomic E-state index is 13.4. The molecule has 0 N–H and O–H groups in total. The molecule has 8 heteroatoms. The molecule has 0 saturated carbocycles. The molecule has 5 heterocycles. The van der Waals surface area contributed by atoms with E-state index in [1.165, 1.54) is 0 Å². The highest BCUT2D eigenvalue weighted by Crippen LogP contribution is 2.50. The third-order valence-corrected chi connectivity index (χ3v) is 6.02. The van der Waals surface area contributed by atoms with Gasteiger partial charge < -0.3 is 4.74 Å². The normalized spacial score (nSPS) is 19.4. The first-order valence-electron chi connectivity index (χ1n) is 10.5. The van der Waals surface area contributed by atoms with Crippen molar-refractivity contribution in [2.75, 3.05) is 0 Å². The van der Waals surface area contributed by atoms with Crippen LogP contribution in [0.4, 0.5) is 0 Å². The van der Waals surface area contributed by atoms with Crippen molar-refractivity contribution in [1.29, 1.82) is 0 Å². The van der Waals surface area contributed by atoms with Gasteiger partial charge in [0.05, 0.1) is 11.5 Å². The van der Waals surface area contributed by atoms with E-state index in [4.69, 9.17) is 9.72 Å². The van der Waals surface area contributed by atoms with Crippen molar-refractivity contribution in [1.82, 2.24) is 29.5 Å². The number of Topliss-reactive ketones (excluding diaryl/α,β-unsaturated/α-hetero) is 1. The number of rotatable bonds is 2. The second-order valence-corrected chi connectivity index (χ2v) is 9.00. The van der Waals surface area contributed by atoms with Crippen LogP contribution < -0.4 is 4.74 Å². The second-order valence-electron chi connectivity index (χ2n) is 9.00. The molecule has 32 heavy (non-hydrogen) atoms. The van der Waals surface area contributed by atoms with Crippen molar-refractivity contribution in [3.8, 4) is 17.3 Å². The van der Waals surface area contributed by atoms with Gasteiger partial charge in [-0.1, -0.05) is 19.9 Å².